The Morgan fingerprint density at radius 3 is 2.57 bits per heavy atom. The minimum Gasteiger partial charge on any atom is -0.481 e. The first-order chi connectivity index (χ1) is 6.58. The van der Waals surface area contributed by atoms with Crippen molar-refractivity contribution in [2.24, 2.45) is 23.2 Å². The van der Waals surface area contributed by atoms with E-state index in [4.69, 9.17) is 5.11 Å². The highest BCUT2D eigenvalue weighted by molar-refractivity contribution is 5.92. The lowest BCUT2D eigenvalue weighted by Gasteiger charge is -2.30. The van der Waals surface area contributed by atoms with E-state index in [0.29, 0.717) is 18.1 Å². The molecule has 0 radical (unpaired) electrons. The highest BCUT2D eigenvalue weighted by atomic mass is 16.4. The van der Waals surface area contributed by atoms with Gasteiger partial charge in [-0.25, -0.2) is 0 Å². The summed E-state index contributed by atoms with van der Waals surface area (Å²) >= 11 is 0. The van der Waals surface area contributed by atoms with Gasteiger partial charge in [-0.1, -0.05) is 12.2 Å². The van der Waals surface area contributed by atoms with Gasteiger partial charge in [-0.2, -0.15) is 0 Å². The third-order valence-electron chi connectivity index (χ3n) is 3.75. The Morgan fingerprint density at radius 2 is 2.21 bits per heavy atom. The molecule has 76 valence electrons. The van der Waals surface area contributed by atoms with Gasteiger partial charge in [-0.3, -0.25) is 4.79 Å². The van der Waals surface area contributed by atoms with Gasteiger partial charge < -0.3 is 9.90 Å². The van der Waals surface area contributed by atoms with E-state index in [1.165, 1.54) is 0 Å². The quantitative estimate of drug-likeness (QED) is 0.420. The standard InChI is InChI=1S/C11H14O3/c1-11(6-12,10(13)14)9-5-7-2-3-8(9)4-7/h2-3,6-9H,4-5H2,1H3,(H,13,14). The maximum Gasteiger partial charge on any atom is 0.316 e. The van der Waals surface area contributed by atoms with Crippen LogP contribution < -0.4 is 0 Å². The van der Waals surface area contributed by atoms with Crippen LogP contribution in [0.1, 0.15) is 19.8 Å². The number of fused-ring (bicyclic) bond motifs is 2. The van der Waals surface area contributed by atoms with Crippen molar-refractivity contribution in [2.75, 3.05) is 0 Å². The maximum absolute atomic E-state index is 11.1. The average molecular weight is 194 g/mol. The monoisotopic (exact) mass is 194 g/mol. The van der Waals surface area contributed by atoms with Gasteiger partial charge in [0.1, 0.15) is 11.7 Å². The van der Waals surface area contributed by atoms with Crippen molar-refractivity contribution in [2.45, 2.75) is 19.8 Å². The Labute approximate surface area is 82.8 Å². The lowest BCUT2D eigenvalue weighted by atomic mass is 9.71. The second kappa shape index (κ2) is 2.94. The summed E-state index contributed by atoms with van der Waals surface area (Å²) in [5.74, 6) is -0.194. The molecule has 0 aromatic heterocycles. The number of carbonyl (C=O) groups is 2. The van der Waals surface area contributed by atoms with E-state index < -0.39 is 11.4 Å². The minimum absolute atomic E-state index is 0.00694. The van der Waals surface area contributed by atoms with Crippen LogP contribution in [0.15, 0.2) is 12.2 Å². The minimum atomic E-state index is -1.19. The van der Waals surface area contributed by atoms with Crippen LogP contribution in [0.25, 0.3) is 0 Å². The van der Waals surface area contributed by atoms with Crippen molar-refractivity contribution >= 4 is 12.3 Å². The Balaban J connectivity index is 2.26. The molecule has 2 bridgehead atoms. The molecule has 0 aromatic carbocycles. The van der Waals surface area contributed by atoms with Crippen molar-refractivity contribution in [1.82, 2.24) is 0 Å². The lowest BCUT2D eigenvalue weighted by Crippen LogP contribution is -2.39. The predicted molar refractivity (Wildman–Crippen MR) is 50.7 cm³/mol. The van der Waals surface area contributed by atoms with E-state index in [-0.39, 0.29) is 5.92 Å². The van der Waals surface area contributed by atoms with Crippen LogP contribution in [0.2, 0.25) is 0 Å². The van der Waals surface area contributed by atoms with Gasteiger partial charge in [-0.15, -0.1) is 0 Å². The van der Waals surface area contributed by atoms with E-state index in [1.807, 2.05) is 0 Å². The lowest BCUT2D eigenvalue weighted by molar-refractivity contribution is -0.154. The summed E-state index contributed by atoms with van der Waals surface area (Å²) in [5, 5.41) is 9.07. The Hall–Kier alpha value is -1.12. The van der Waals surface area contributed by atoms with Crippen molar-refractivity contribution < 1.29 is 14.7 Å². The molecule has 4 atom stereocenters. The number of aldehydes is 1. The second-order valence-electron chi connectivity index (χ2n) is 4.59. The summed E-state index contributed by atoms with van der Waals surface area (Å²) in [6.45, 7) is 1.54. The third-order valence-corrected chi connectivity index (χ3v) is 3.75. The normalized spacial score (nSPS) is 38.2. The molecule has 0 aliphatic heterocycles. The van der Waals surface area contributed by atoms with Crippen molar-refractivity contribution in [3.05, 3.63) is 12.2 Å². The molecular weight excluding hydrogens is 180 g/mol. The Morgan fingerprint density at radius 1 is 1.50 bits per heavy atom. The fourth-order valence-corrected chi connectivity index (χ4v) is 2.77. The molecule has 2 aliphatic rings. The smallest absolute Gasteiger partial charge is 0.316 e. The summed E-state index contributed by atoms with van der Waals surface area (Å²) in [5.41, 5.74) is -1.19. The van der Waals surface area contributed by atoms with Gasteiger partial charge in [-0.05, 0) is 37.5 Å². The zero-order valence-electron chi connectivity index (χ0n) is 8.14. The van der Waals surface area contributed by atoms with E-state index in [1.54, 1.807) is 6.92 Å². The van der Waals surface area contributed by atoms with E-state index in [0.717, 1.165) is 12.8 Å². The summed E-state index contributed by atoms with van der Waals surface area (Å²) in [7, 11) is 0. The van der Waals surface area contributed by atoms with Crippen LogP contribution in [-0.2, 0) is 9.59 Å². The summed E-state index contributed by atoms with van der Waals surface area (Å²) in [6, 6.07) is 0. The van der Waals surface area contributed by atoms with Crippen LogP contribution in [0, 0.1) is 23.2 Å². The Bertz CT molecular complexity index is 308. The molecular formula is C11H14O3. The van der Waals surface area contributed by atoms with Gasteiger partial charge in [0.05, 0.1) is 0 Å². The van der Waals surface area contributed by atoms with E-state index in [2.05, 4.69) is 12.2 Å². The first-order valence-electron chi connectivity index (χ1n) is 4.96. The summed E-state index contributed by atoms with van der Waals surface area (Å²) in [6.07, 6.45) is 6.70. The van der Waals surface area contributed by atoms with E-state index >= 15 is 0 Å². The molecule has 2 rings (SSSR count). The van der Waals surface area contributed by atoms with Gasteiger partial charge in [0.15, 0.2) is 0 Å². The highest BCUT2D eigenvalue weighted by Crippen LogP contribution is 2.50. The summed E-state index contributed by atoms with van der Waals surface area (Å²) < 4.78 is 0. The zero-order chi connectivity index (χ0) is 10.3. The molecule has 14 heavy (non-hydrogen) atoms. The van der Waals surface area contributed by atoms with Gasteiger partial charge in [0, 0.05) is 0 Å². The molecule has 2 aliphatic carbocycles. The van der Waals surface area contributed by atoms with Gasteiger partial charge >= 0.3 is 5.97 Å². The van der Waals surface area contributed by atoms with Crippen molar-refractivity contribution in [3.63, 3.8) is 0 Å². The first-order valence-corrected chi connectivity index (χ1v) is 4.96. The molecule has 0 heterocycles. The first kappa shape index (κ1) is 9.44. The second-order valence-corrected chi connectivity index (χ2v) is 4.59. The molecule has 0 saturated heterocycles. The van der Waals surface area contributed by atoms with Crippen molar-refractivity contribution in [1.29, 1.82) is 0 Å². The fourth-order valence-electron chi connectivity index (χ4n) is 2.77. The number of carbonyl (C=O) groups excluding carboxylic acids is 1. The molecule has 4 unspecified atom stereocenters. The zero-order valence-corrected chi connectivity index (χ0v) is 8.14. The summed E-state index contributed by atoms with van der Waals surface area (Å²) in [4.78, 5) is 22.0. The van der Waals surface area contributed by atoms with Crippen LogP contribution in [-0.4, -0.2) is 17.4 Å². The molecule has 0 spiro atoms. The number of rotatable bonds is 3. The molecule has 0 aromatic rings. The molecule has 1 fully saturated rings. The number of hydrogen-bond donors (Lipinski definition) is 1. The number of carboxylic acid groups (broad SMARTS) is 1. The maximum atomic E-state index is 11.1. The highest BCUT2D eigenvalue weighted by Gasteiger charge is 2.50. The number of allylic oxidation sites excluding steroid dienone is 2. The van der Waals surface area contributed by atoms with Crippen LogP contribution in [0.3, 0.4) is 0 Å². The number of aliphatic carboxylic acids is 1. The van der Waals surface area contributed by atoms with Crippen LogP contribution in [0.5, 0.6) is 0 Å². The Kier molecular flexibility index (Phi) is 1.98. The van der Waals surface area contributed by atoms with Crippen LogP contribution >= 0.6 is 0 Å². The SMILES string of the molecule is CC(C=O)(C(=O)O)C1CC2C=CC1C2. The predicted octanol–water partition coefficient (Wildman–Crippen LogP) is 1.49. The number of carboxylic acids is 1. The van der Waals surface area contributed by atoms with E-state index in [9.17, 15) is 9.59 Å². The van der Waals surface area contributed by atoms with Crippen molar-refractivity contribution in [3.8, 4) is 0 Å². The largest absolute Gasteiger partial charge is 0.481 e. The van der Waals surface area contributed by atoms with Gasteiger partial charge in [0.25, 0.3) is 0 Å². The molecule has 0 amide bonds. The third kappa shape index (κ3) is 1.11. The topological polar surface area (TPSA) is 54.4 Å². The van der Waals surface area contributed by atoms with Gasteiger partial charge in [0.2, 0.25) is 0 Å². The molecule has 3 nitrogen and oxygen atoms in total. The molecule has 3 heteroatoms. The molecule has 1 saturated carbocycles. The fraction of sp³-hybridized carbons (Fsp3) is 0.636. The van der Waals surface area contributed by atoms with Crippen LogP contribution in [0.4, 0.5) is 0 Å². The average Bonchev–Trinajstić information content (AvgIpc) is 2.77. The number of hydrogen-bond acceptors (Lipinski definition) is 2. The molecule has 1 N–H and O–H groups in total.